The Kier molecular flexibility index (Phi) is 10.7. The van der Waals surface area contributed by atoms with Crippen LogP contribution in [0.2, 0.25) is 0 Å². The van der Waals surface area contributed by atoms with E-state index in [4.69, 9.17) is 18.9 Å². The number of carbonyl (C=O) groups is 3. The summed E-state index contributed by atoms with van der Waals surface area (Å²) < 4.78 is 51.9. The van der Waals surface area contributed by atoms with Gasteiger partial charge >= 0.3 is 6.03 Å². The van der Waals surface area contributed by atoms with E-state index in [0.29, 0.717) is 34.8 Å². The third-order valence-electron chi connectivity index (χ3n) is 8.55. The number of hydrogen-bond acceptors (Lipinski definition) is 9. The van der Waals surface area contributed by atoms with Crippen LogP contribution in [-0.2, 0) is 14.3 Å². The van der Waals surface area contributed by atoms with Crippen molar-refractivity contribution in [2.45, 2.75) is 13.3 Å². The van der Waals surface area contributed by atoms with E-state index in [1.54, 1.807) is 31.3 Å². The maximum Gasteiger partial charge on any atom is 0.331 e. The molecule has 4 amide bonds. The predicted molar refractivity (Wildman–Crippen MR) is 181 cm³/mol. The fourth-order valence-electron chi connectivity index (χ4n) is 5.85. The van der Waals surface area contributed by atoms with E-state index in [2.05, 4.69) is 15.2 Å². The smallest absolute Gasteiger partial charge is 0.331 e. The lowest BCUT2D eigenvalue weighted by Gasteiger charge is -2.37. The first kappa shape index (κ1) is 34.5. The summed E-state index contributed by atoms with van der Waals surface area (Å²) in [4.78, 5) is 48.6. The highest BCUT2D eigenvalue weighted by Crippen LogP contribution is 2.38. The fourth-order valence-corrected chi connectivity index (χ4v) is 5.85. The molecule has 0 radical (unpaired) electrons. The number of fused-ring (bicyclic) bond motifs is 1. The molecule has 3 aromatic carbocycles. The SMILES string of the molecule is CCN1CC(C(=O)Nc2ccc(Oc3ccnc4cc(OCCCN5CCOCC5)c(OC)cc34)c(F)c2)C(=O)N(c2ccc(F)cc2)C1=O. The minimum Gasteiger partial charge on any atom is -0.493 e. The van der Waals surface area contributed by atoms with Crippen molar-refractivity contribution in [1.29, 1.82) is 0 Å². The van der Waals surface area contributed by atoms with Crippen molar-refractivity contribution >= 4 is 40.1 Å². The molecule has 0 saturated carbocycles. The molecule has 262 valence electrons. The maximum absolute atomic E-state index is 15.4. The third kappa shape index (κ3) is 7.61. The van der Waals surface area contributed by atoms with Gasteiger partial charge in [-0.25, -0.2) is 18.5 Å². The zero-order chi connectivity index (χ0) is 35.2. The number of hydrogen-bond donors (Lipinski definition) is 1. The van der Waals surface area contributed by atoms with Crippen molar-refractivity contribution in [3.05, 3.63) is 78.5 Å². The van der Waals surface area contributed by atoms with E-state index >= 15 is 4.39 Å². The van der Waals surface area contributed by atoms with E-state index < -0.39 is 35.4 Å². The van der Waals surface area contributed by atoms with Gasteiger partial charge in [-0.05, 0) is 61.9 Å². The molecule has 1 aromatic heterocycles. The van der Waals surface area contributed by atoms with Crippen LogP contribution < -0.4 is 24.4 Å². The van der Waals surface area contributed by atoms with Crippen LogP contribution in [0, 0.1) is 17.6 Å². The number of urea groups is 1. The van der Waals surface area contributed by atoms with E-state index in [1.807, 2.05) is 0 Å². The number of aromatic nitrogens is 1. The van der Waals surface area contributed by atoms with E-state index in [-0.39, 0.29) is 30.2 Å². The average Bonchev–Trinajstić information content (AvgIpc) is 3.12. The van der Waals surface area contributed by atoms with Gasteiger partial charge in [0.15, 0.2) is 23.1 Å². The van der Waals surface area contributed by atoms with Gasteiger partial charge in [-0.1, -0.05) is 0 Å². The summed E-state index contributed by atoms with van der Waals surface area (Å²) in [6.45, 7) is 6.46. The molecule has 12 nitrogen and oxygen atoms in total. The van der Waals surface area contributed by atoms with E-state index in [9.17, 15) is 18.8 Å². The van der Waals surface area contributed by atoms with Gasteiger partial charge in [-0.2, -0.15) is 0 Å². The number of methoxy groups -OCH3 is 1. The molecule has 0 bridgehead atoms. The van der Waals surface area contributed by atoms with Crippen molar-refractivity contribution in [1.82, 2.24) is 14.8 Å². The molecule has 1 N–H and O–H groups in total. The number of pyridine rings is 1. The standard InChI is InChI=1S/C36H37F2N5O7/c1-3-42-22-27(35(45)43(36(42)46)25-8-5-23(37)6-9-25)34(44)40-24-7-10-31(28(38)19-24)50-30-11-12-39-29-21-33(32(47-2)20-26(29)30)49-16-4-13-41-14-17-48-18-15-41/h5-12,19-21,27H,3-4,13-18,22H2,1-2H3,(H,40,44). The molecule has 1 unspecified atom stereocenters. The number of halogens is 2. The van der Waals surface area contributed by atoms with Crippen LogP contribution in [0.4, 0.5) is 25.0 Å². The predicted octanol–water partition coefficient (Wildman–Crippen LogP) is 5.46. The van der Waals surface area contributed by atoms with Crippen LogP contribution in [0.1, 0.15) is 13.3 Å². The van der Waals surface area contributed by atoms with Crippen LogP contribution >= 0.6 is 0 Å². The first-order valence-electron chi connectivity index (χ1n) is 16.3. The van der Waals surface area contributed by atoms with Gasteiger partial charge in [0.05, 0.1) is 38.1 Å². The van der Waals surface area contributed by atoms with Gasteiger partial charge in [-0.15, -0.1) is 0 Å². The van der Waals surface area contributed by atoms with Crippen molar-refractivity contribution in [2.75, 3.05) is 69.9 Å². The molecule has 2 saturated heterocycles. The number of imide groups is 1. The summed E-state index contributed by atoms with van der Waals surface area (Å²) in [5.74, 6) is -2.89. The Morgan fingerprint density at radius 3 is 2.48 bits per heavy atom. The topological polar surface area (TPSA) is 123 Å². The Labute approximate surface area is 287 Å². The molecule has 14 heteroatoms. The summed E-state index contributed by atoms with van der Waals surface area (Å²) in [7, 11) is 1.53. The Bertz CT molecular complexity index is 1870. The molecule has 4 aromatic rings. The number of anilines is 2. The second-order valence-electron chi connectivity index (χ2n) is 11.7. The molecule has 6 rings (SSSR count). The van der Waals surface area contributed by atoms with Gasteiger partial charge in [0, 0.05) is 62.1 Å². The van der Waals surface area contributed by atoms with Gasteiger partial charge < -0.3 is 29.2 Å². The zero-order valence-corrected chi connectivity index (χ0v) is 27.7. The molecular formula is C36H37F2N5O7. The molecule has 0 aliphatic carbocycles. The molecule has 1 atom stereocenters. The Hall–Kier alpha value is -5.34. The van der Waals surface area contributed by atoms with Crippen LogP contribution in [0.3, 0.4) is 0 Å². The highest BCUT2D eigenvalue weighted by Gasteiger charge is 2.43. The number of carbonyl (C=O) groups excluding carboxylic acids is 3. The summed E-state index contributed by atoms with van der Waals surface area (Å²) in [5.41, 5.74) is 0.772. The summed E-state index contributed by atoms with van der Waals surface area (Å²) in [6.07, 6.45) is 2.37. The lowest BCUT2D eigenvalue weighted by molar-refractivity contribution is -0.132. The quantitative estimate of drug-likeness (QED) is 0.153. The molecule has 0 spiro atoms. The van der Waals surface area contributed by atoms with Gasteiger partial charge in [-0.3, -0.25) is 19.5 Å². The van der Waals surface area contributed by atoms with Crippen molar-refractivity contribution in [3.63, 3.8) is 0 Å². The molecule has 2 aliphatic rings. The van der Waals surface area contributed by atoms with Gasteiger partial charge in [0.2, 0.25) is 11.8 Å². The summed E-state index contributed by atoms with van der Waals surface area (Å²) in [6, 6.07) is 13.1. The van der Waals surface area contributed by atoms with Crippen LogP contribution in [0.15, 0.2) is 66.9 Å². The molecule has 2 fully saturated rings. The number of nitrogens with one attached hydrogen (secondary N) is 1. The summed E-state index contributed by atoms with van der Waals surface area (Å²) >= 11 is 0. The largest absolute Gasteiger partial charge is 0.493 e. The van der Waals surface area contributed by atoms with Crippen LogP contribution in [0.5, 0.6) is 23.0 Å². The second-order valence-corrected chi connectivity index (χ2v) is 11.7. The van der Waals surface area contributed by atoms with Crippen molar-refractivity contribution in [2.24, 2.45) is 5.92 Å². The second kappa shape index (κ2) is 15.5. The average molecular weight is 690 g/mol. The number of amides is 4. The normalized spacial score (nSPS) is 16.8. The highest BCUT2D eigenvalue weighted by molar-refractivity contribution is 6.23. The Morgan fingerprint density at radius 1 is 0.980 bits per heavy atom. The minimum atomic E-state index is -1.28. The Morgan fingerprint density at radius 2 is 1.76 bits per heavy atom. The number of nitrogens with zero attached hydrogens (tertiary/aromatic N) is 4. The van der Waals surface area contributed by atoms with E-state index in [0.717, 1.165) is 62.4 Å². The Balaban J connectivity index is 1.13. The fraction of sp³-hybridized carbons (Fsp3) is 0.333. The first-order valence-corrected chi connectivity index (χ1v) is 16.3. The number of benzene rings is 3. The lowest BCUT2D eigenvalue weighted by atomic mass is 10.0. The van der Waals surface area contributed by atoms with Crippen LogP contribution in [0.25, 0.3) is 10.9 Å². The van der Waals surface area contributed by atoms with Crippen molar-refractivity contribution < 1.29 is 42.1 Å². The number of rotatable bonds is 12. The molecule has 50 heavy (non-hydrogen) atoms. The van der Waals surface area contributed by atoms with Crippen LogP contribution in [-0.4, -0.2) is 92.3 Å². The first-order chi connectivity index (χ1) is 24.2. The number of morpholine rings is 1. The minimum absolute atomic E-state index is 0.0811. The summed E-state index contributed by atoms with van der Waals surface area (Å²) in [5, 5.41) is 3.14. The third-order valence-corrected chi connectivity index (χ3v) is 8.55. The molecule has 3 heterocycles. The van der Waals surface area contributed by atoms with Gasteiger partial charge in [0.25, 0.3) is 0 Å². The molecule has 2 aliphatic heterocycles. The number of ether oxygens (including phenoxy) is 4. The van der Waals surface area contributed by atoms with Gasteiger partial charge in [0.1, 0.15) is 17.5 Å². The maximum atomic E-state index is 15.4. The molecular weight excluding hydrogens is 652 g/mol. The monoisotopic (exact) mass is 689 g/mol. The highest BCUT2D eigenvalue weighted by atomic mass is 19.1. The van der Waals surface area contributed by atoms with E-state index in [1.165, 1.54) is 36.3 Å². The zero-order valence-electron chi connectivity index (χ0n) is 27.7. The van der Waals surface area contributed by atoms with Crippen molar-refractivity contribution in [3.8, 4) is 23.0 Å². The lowest BCUT2D eigenvalue weighted by Crippen LogP contribution is -2.59.